The highest BCUT2D eigenvalue weighted by Gasteiger charge is 2.41. The van der Waals surface area contributed by atoms with Crippen LogP contribution in [0.1, 0.15) is 52.5 Å². The molecule has 23 heavy (non-hydrogen) atoms. The van der Waals surface area contributed by atoms with Crippen LogP contribution in [0.5, 0.6) is 0 Å². The highest BCUT2D eigenvalue weighted by Crippen LogP contribution is 2.33. The minimum Gasteiger partial charge on any atom is -0.419 e. The van der Waals surface area contributed by atoms with Crippen molar-refractivity contribution in [2.24, 2.45) is 5.92 Å². The van der Waals surface area contributed by atoms with Gasteiger partial charge in [0.25, 0.3) is 5.79 Å². The van der Waals surface area contributed by atoms with Gasteiger partial charge in [-0.15, -0.1) is 0 Å². The van der Waals surface area contributed by atoms with E-state index in [0.717, 1.165) is 5.57 Å². The van der Waals surface area contributed by atoms with Gasteiger partial charge in [0.05, 0.1) is 0 Å². The number of esters is 2. The van der Waals surface area contributed by atoms with Gasteiger partial charge in [-0.3, -0.25) is 0 Å². The van der Waals surface area contributed by atoms with Crippen LogP contribution in [0.3, 0.4) is 0 Å². The molecule has 4 nitrogen and oxygen atoms in total. The summed E-state index contributed by atoms with van der Waals surface area (Å²) in [6.07, 6.45) is 0.613. The molecular weight excluding hydrogens is 292 g/mol. The van der Waals surface area contributed by atoms with Crippen LogP contribution in [0.15, 0.2) is 41.5 Å². The molecule has 4 heteroatoms. The number of benzene rings is 1. The Morgan fingerprint density at radius 1 is 1.00 bits per heavy atom. The Balaban J connectivity index is 2.34. The molecule has 1 aliphatic rings. The molecule has 0 radical (unpaired) electrons. The number of allylic oxidation sites excluding steroid dienone is 1. The SMILES string of the molecule is CC(C)C(C[C@@H](C)c1ccccc1)=C1C(=O)OC(C)(C)OC1=O. The van der Waals surface area contributed by atoms with E-state index in [4.69, 9.17) is 9.47 Å². The third-order valence-corrected chi connectivity index (χ3v) is 4.00. The second-order valence-electron chi connectivity index (χ2n) is 6.75. The van der Waals surface area contributed by atoms with Crippen molar-refractivity contribution in [3.63, 3.8) is 0 Å². The van der Waals surface area contributed by atoms with Crippen LogP contribution in [-0.2, 0) is 19.1 Å². The first kappa shape index (κ1) is 17.3. The first-order valence-corrected chi connectivity index (χ1v) is 7.96. The average molecular weight is 316 g/mol. The van der Waals surface area contributed by atoms with E-state index in [1.54, 1.807) is 13.8 Å². The second-order valence-corrected chi connectivity index (χ2v) is 6.75. The van der Waals surface area contributed by atoms with E-state index in [1.165, 1.54) is 5.56 Å². The molecule has 0 unspecified atom stereocenters. The summed E-state index contributed by atoms with van der Waals surface area (Å²) >= 11 is 0. The Hall–Kier alpha value is -2.10. The van der Waals surface area contributed by atoms with Crippen molar-refractivity contribution in [3.05, 3.63) is 47.0 Å². The maximum atomic E-state index is 12.3. The zero-order chi connectivity index (χ0) is 17.2. The zero-order valence-corrected chi connectivity index (χ0v) is 14.4. The van der Waals surface area contributed by atoms with Crippen LogP contribution in [0.2, 0.25) is 0 Å². The van der Waals surface area contributed by atoms with Gasteiger partial charge in [0.15, 0.2) is 0 Å². The molecule has 1 aromatic rings. The number of hydrogen-bond acceptors (Lipinski definition) is 4. The standard InChI is InChI=1S/C19H24O4/c1-12(2)15(11-13(3)14-9-7-6-8-10-14)16-17(20)22-19(4,5)23-18(16)21/h6-10,12-13H,11H2,1-5H3/t13-/m1/s1. The van der Waals surface area contributed by atoms with Gasteiger partial charge in [-0.25, -0.2) is 9.59 Å². The van der Waals surface area contributed by atoms with E-state index >= 15 is 0 Å². The molecule has 1 atom stereocenters. The van der Waals surface area contributed by atoms with Crippen LogP contribution in [-0.4, -0.2) is 17.7 Å². The van der Waals surface area contributed by atoms with Gasteiger partial charge in [-0.2, -0.15) is 0 Å². The summed E-state index contributed by atoms with van der Waals surface area (Å²) in [7, 11) is 0. The lowest BCUT2D eigenvalue weighted by Gasteiger charge is -2.32. The third kappa shape index (κ3) is 4.01. The number of ether oxygens (including phenoxy) is 2. The highest BCUT2D eigenvalue weighted by molar-refractivity contribution is 6.16. The van der Waals surface area contributed by atoms with E-state index in [2.05, 4.69) is 6.92 Å². The van der Waals surface area contributed by atoms with Gasteiger partial charge < -0.3 is 9.47 Å². The number of carbonyl (C=O) groups is 2. The molecule has 0 saturated carbocycles. The predicted molar refractivity (Wildman–Crippen MR) is 87.6 cm³/mol. The van der Waals surface area contributed by atoms with Crippen molar-refractivity contribution >= 4 is 11.9 Å². The molecule has 0 spiro atoms. The molecule has 1 heterocycles. The molecule has 1 saturated heterocycles. The largest absolute Gasteiger partial charge is 0.419 e. The highest BCUT2D eigenvalue weighted by atomic mass is 16.7. The predicted octanol–water partition coefficient (Wildman–Crippen LogP) is 3.97. The first-order chi connectivity index (χ1) is 10.7. The van der Waals surface area contributed by atoms with Crippen molar-refractivity contribution in [1.82, 2.24) is 0 Å². The summed E-state index contributed by atoms with van der Waals surface area (Å²) in [5.41, 5.74) is 2.01. The smallest absolute Gasteiger partial charge is 0.348 e. The maximum Gasteiger partial charge on any atom is 0.348 e. The lowest BCUT2D eigenvalue weighted by Crippen LogP contribution is -2.42. The van der Waals surface area contributed by atoms with Crippen molar-refractivity contribution in [2.45, 2.75) is 52.7 Å². The van der Waals surface area contributed by atoms with Gasteiger partial charge in [0.2, 0.25) is 0 Å². The van der Waals surface area contributed by atoms with Crippen LogP contribution >= 0.6 is 0 Å². The average Bonchev–Trinajstić information content (AvgIpc) is 2.44. The molecule has 0 bridgehead atoms. The number of cyclic esters (lactones) is 2. The fourth-order valence-corrected chi connectivity index (χ4v) is 2.77. The van der Waals surface area contributed by atoms with Gasteiger partial charge >= 0.3 is 11.9 Å². The van der Waals surface area contributed by atoms with Crippen LogP contribution in [0, 0.1) is 5.92 Å². The molecule has 1 aromatic carbocycles. The van der Waals surface area contributed by atoms with E-state index in [-0.39, 0.29) is 17.4 Å². The lowest BCUT2D eigenvalue weighted by molar-refractivity contribution is -0.222. The van der Waals surface area contributed by atoms with Crippen molar-refractivity contribution in [3.8, 4) is 0 Å². The summed E-state index contributed by atoms with van der Waals surface area (Å²) in [6.45, 7) is 9.14. The van der Waals surface area contributed by atoms with Crippen molar-refractivity contribution in [2.75, 3.05) is 0 Å². The maximum absolute atomic E-state index is 12.3. The number of carbonyl (C=O) groups excluding carboxylic acids is 2. The molecule has 0 aliphatic carbocycles. The van der Waals surface area contributed by atoms with Crippen molar-refractivity contribution in [1.29, 1.82) is 0 Å². The number of rotatable bonds is 4. The minimum atomic E-state index is -1.20. The van der Waals surface area contributed by atoms with E-state index in [1.807, 2.05) is 44.2 Å². The van der Waals surface area contributed by atoms with Gasteiger partial charge in [-0.05, 0) is 29.4 Å². The van der Waals surface area contributed by atoms with Gasteiger partial charge in [-0.1, -0.05) is 51.1 Å². The summed E-state index contributed by atoms with van der Waals surface area (Å²) in [6, 6.07) is 10.0. The van der Waals surface area contributed by atoms with E-state index < -0.39 is 17.7 Å². The van der Waals surface area contributed by atoms with Crippen molar-refractivity contribution < 1.29 is 19.1 Å². The Bertz CT molecular complexity index is 604. The molecule has 0 amide bonds. The van der Waals surface area contributed by atoms with E-state index in [0.29, 0.717) is 6.42 Å². The Kier molecular flexibility index (Phi) is 4.93. The second kappa shape index (κ2) is 6.57. The molecular formula is C19H24O4. The fourth-order valence-electron chi connectivity index (χ4n) is 2.77. The molecule has 1 aliphatic heterocycles. The van der Waals surface area contributed by atoms with Gasteiger partial charge in [0.1, 0.15) is 5.57 Å². The van der Waals surface area contributed by atoms with Crippen LogP contribution < -0.4 is 0 Å². The quantitative estimate of drug-likeness (QED) is 0.479. The minimum absolute atomic E-state index is 0.0532. The molecule has 2 rings (SSSR count). The van der Waals surface area contributed by atoms with E-state index in [9.17, 15) is 9.59 Å². The number of hydrogen-bond donors (Lipinski definition) is 0. The Morgan fingerprint density at radius 2 is 1.52 bits per heavy atom. The topological polar surface area (TPSA) is 52.6 Å². The third-order valence-electron chi connectivity index (χ3n) is 4.00. The Morgan fingerprint density at radius 3 is 2.00 bits per heavy atom. The molecule has 1 fully saturated rings. The first-order valence-electron chi connectivity index (χ1n) is 7.96. The summed E-state index contributed by atoms with van der Waals surface area (Å²) in [4.78, 5) is 24.6. The molecule has 0 N–H and O–H groups in total. The summed E-state index contributed by atoms with van der Waals surface area (Å²) in [5, 5.41) is 0. The molecule has 0 aromatic heterocycles. The van der Waals surface area contributed by atoms with Crippen LogP contribution in [0.4, 0.5) is 0 Å². The summed E-state index contributed by atoms with van der Waals surface area (Å²) < 4.78 is 10.5. The van der Waals surface area contributed by atoms with Gasteiger partial charge in [0, 0.05) is 13.8 Å². The summed E-state index contributed by atoms with van der Waals surface area (Å²) in [5.74, 6) is -2.13. The monoisotopic (exact) mass is 316 g/mol. The van der Waals surface area contributed by atoms with Crippen LogP contribution in [0.25, 0.3) is 0 Å². The Labute approximate surface area is 137 Å². The lowest BCUT2D eigenvalue weighted by atomic mass is 9.85. The zero-order valence-electron chi connectivity index (χ0n) is 14.4. The normalized spacial score (nSPS) is 18.4. The molecule has 124 valence electrons. The fraction of sp³-hybridized carbons (Fsp3) is 0.474.